The quantitative estimate of drug-likeness (QED) is 0.397. The van der Waals surface area contributed by atoms with Crippen LogP contribution in [0.3, 0.4) is 0 Å². The zero-order valence-corrected chi connectivity index (χ0v) is 20.9. The molecule has 0 saturated heterocycles. The summed E-state index contributed by atoms with van der Waals surface area (Å²) in [6.45, 7) is 12.0. The Morgan fingerprint density at radius 3 is 1.72 bits per heavy atom. The highest BCUT2D eigenvalue weighted by Gasteiger charge is 2.30. The van der Waals surface area contributed by atoms with Crippen molar-refractivity contribution in [1.82, 2.24) is 9.97 Å². The maximum atomic E-state index is 12.5. The van der Waals surface area contributed by atoms with Gasteiger partial charge in [0.1, 0.15) is 11.4 Å². The minimum absolute atomic E-state index is 0.253. The predicted octanol–water partition coefficient (Wildman–Crippen LogP) is 5.87. The Morgan fingerprint density at radius 1 is 0.844 bits per heavy atom. The second-order valence-electron chi connectivity index (χ2n) is 7.76. The largest absolute Gasteiger partial charge is 0.461 e. The number of halogens is 1. The number of carbonyl (C=O) groups excluding carboxylic acids is 2. The van der Waals surface area contributed by atoms with Gasteiger partial charge in [0, 0.05) is 15.9 Å². The molecule has 0 unspecified atom stereocenters. The fraction of sp³-hybridized carbons (Fsp3) is 0.360. The van der Waals surface area contributed by atoms with E-state index in [1.165, 1.54) is 0 Å². The number of nitrogens with one attached hydrogen (secondary N) is 2. The van der Waals surface area contributed by atoms with Crippen molar-refractivity contribution in [3.8, 4) is 0 Å². The van der Waals surface area contributed by atoms with Crippen LogP contribution >= 0.6 is 15.9 Å². The standard InChI is InChI=1S/C25H29BrN2O4/c1-7-31-24(29)22-15(5)13(3)20(27-22)19(17-10-9-11-18(26)12-17)21-14(4)16(6)23(28-21)25(30)32-8-2/h9-12,19,27-28H,7-8H2,1-6H3. The Kier molecular flexibility index (Phi) is 7.29. The van der Waals surface area contributed by atoms with E-state index in [1.54, 1.807) is 13.8 Å². The molecular formula is C25H29BrN2O4. The number of ether oxygens (including phenoxy) is 2. The van der Waals surface area contributed by atoms with Crippen LogP contribution in [0.4, 0.5) is 0 Å². The minimum Gasteiger partial charge on any atom is -0.461 e. The van der Waals surface area contributed by atoms with Gasteiger partial charge in [-0.25, -0.2) is 9.59 Å². The highest BCUT2D eigenvalue weighted by Crippen LogP contribution is 2.38. The van der Waals surface area contributed by atoms with E-state index in [4.69, 9.17) is 9.47 Å². The molecule has 3 aromatic rings. The van der Waals surface area contributed by atoms with Crippen molar-refractivity contribution in [2.24, 2.45) is 0 Å². The molecule has 0 saturated carbocycles. The zero-order valence-electron chi connectivity index (χ0n) is 19.3. The average molecular weight is 501 g/mol. The molecule has 0 aliphatic rings. The lowest BCUT2D eigenvalue weighted by Crippen LogP contribution is -2.10. The maximum absolute atomic E-state index is 12.5. The average Bonchev–Trinajstić information content (AvgIpc) is 3.21. The fourth-order valence-corrected chi connectivity index (χ4v) is 4.40. The third-order valence-electron chi connectivity index (χ3n) is 5.92. The lowest BCUT2D eigenvalue weighted by Gasteiger charge is -2.19. The van der Waals surface area contributed by atoms with Crippen LogP contribution in [0.25, 0.3) is 0 Å². The fourth-order valence-electron chi connectivity index (χ4n) is 3.98. The highest BCUT2D eigenvalue weighted by atomic mass is 79.9. The summed E-state index contributed by atoms with van der Waals surface area (Å²) in [5, 5.41) is 0. The molecule has 2 aromatic heterocycles. The van der Waals surface area contributed by atoms with Gasteiger partial charge in [-0.1, -0.05) is 28.1 Å². The first kappa shape index (κ1) is 23.9. The molecule has 0 atom stereocenters. The summed E-state index contributed by atoms with van der Waals surface area (Å²) >= 11 is 3.57. The van der Waals surface area contributed by atoms with E-state index in [2.05, 4.69) is 25.9 Å². The molecule has 0 spiro atoms. The van der Waals surface area contributed by atoms with Gasteiger partial charge < -0.3 is 19.4 Å². The molecule has 32 heavy (non-hydrogen) atoms. The molecule has 1 aromatic carbocycles. The lowest BCUT2D eigenvalue weighted by atomic mass is 9.88. The van der Waals surface area contributed by atoms with E-state index in [0.29, 0.717) is 24.6 Å². The van der Waals surface area contributed by atoms with E-state index in [9.17, 15) is 9.59 Å². The van der Waals surface area contributed by atoms with Crippen LogP contribution in [0.15, 0.2) is 28.7 Å². The van der Waals surface area contributed by atoms with Crippen LogP contribution in [0.1, 0.15) is 79.9 Å². The van der Waals surface area contributed by atoms with E-state index in [-0.39, 0.29) is 17.9 Å². The third kappa shape index (κ3) is 4.39. The smallest absolute Gasteiger partial charge is 0.355 e. The summed E-state index contributed by atoms with van der Waals surface area (Å²) in [5.41, 5.74) is 7.32. The van der Waals surface area contributed by atoms with Gasteiger partial charge in [-0.3, -0.25) is 0 Å². The SMILES string of the molecule is CCOC(=O)c1[nH]c(C(c2cccc(Br)c2)c2[nH]c(C(=O)OCC)c(C)c2C)c(C)c1C. The molecule has 0 aliphatic carbocycles. The number of rotatable bonds is 7. The minimum atomic E-state index is -0.376. The lowest BCUT2D eigenvalue weighted by molar-refractivity contribution is 0.0510. The molecular weight excluding hydrogens is 472 g/mol. The topological polar surface area (TPSA) is 84.2 Å². The van der Waals surface area contributed by atoms with Crippen molar-refractivity contribution in [1.29, 1.82) is 0 Å². The van der Waals surface area contributed by atoms with Crippen molar-refractivity contribution in [3.05, 3.63) is 79.3 Å². The van der Waals surface area contributed by atoms with E-state index in [1.807, 2.05) is 52.0 Å². The maximum Gasteiger partial charge on any atom is 0.355 e. The number of carbonyl (C=O) groups is 2. The Labute approximate surface area is 196 Å². The van der Waals surface area contributed by atoms with Crippen molar-refractivity contribution in [2.75, 3.05) is 13.2 Å². The molecule has 7 heteroatoms. The van der Waals surface area contributed by atoms with E-state index < -0.39 is 0 Å². The molecule has 0 amide bonds. The van der Waals surface area contributed by atoms with Crippen LogP contribution in [0.2, 0.25) is 0 Å². The van der Waals surface area contributed by atoms with E-state index >= 15 is 0 Å². The van der Waals surface area contributed by atoms with Gasteiger partial charge in [-0.15, -0.1) is 0 Å². The molecule has 0 fully saturated rings. The van der Waals surface area contributed by atoms with Gasteiger partial charge in [0.05, 0.1) is 19.1 Å². The van der Waals surface area contributed by atoms with Crippen LogP contribution in [-0.4, -0.2) is 35.1 Å². The van der Waals surface area contributed by atoms with Crippen LogP contribution < -0.4 is 0 Å². The summed E-state index contributed by atoms with van der Waals surface area (Å²) in [6.07, 6.45) is 0. The van der Waals surface area contributed by atoms with Crippen molar-refractivity contribution >= 4 is 27.9 Å². The van der Waals surface area contributed by atoms with Crippen LogP contribution in [0, 0.1) is 27.7 Å². The van der Waals surface area contributed by atoms with Crippen molar-refractivity contribution < 1.29 is 19.1 Å². The Bertz CT molecular complexity index is 1090. The van der Waals surface area contributed by atoms with Crippen molar-refractivity contribution in [3.63, 3.8) is 0 Å². The summed E-state index contributed by atoms with van der Waals surface area (Å²) in [5.74, 6) is -1.01. The van der Waals surface area contributed by atoms with Gasteiger partial charge in [-0.05, 0) is 81.5 Å². The summed E-state index contributed by atoms with van der Waals surface area (Å²) in [6, 6.07) is 8.02. The molecule has 2 N–H and O–H groups in total. The number of esters is 2. The van der Waals surface area contributed by atoms with Gasteiger partial charge in [0.25, 0.3) is 0 Å². The van der Waals surface area contributed by atoms with Gasteiger partial charge >= 0.3 is 11.9 Å². The summed E-state index contributed by atoms with van der Waals surface area (Å²) < 4.78 is 11.4. The number of aromatic nitrogens is 2. The van der Waals surface area contributed by atoms with Crippen LogP contribution in [-0.2, 0) is 9.47 Å². The monoisotopic (exact) mass is 500 g/mol. The molecule has 170 valence electrons. The summed E-state index contributed by atoms with van der Waals surface area (Å²) in [4.78, 5) is 31.7. The first-order valence-corrected chi connectivity index (χ1v) is 11.5. The molecule has 0 bridgehead atoms. The first-order chi connectivity index (χ1) is 15.2. The number of aromatic amines is 2. The zero-order chi connectivity index (χ0) is 23.6. The summed E-state index contributed by atoms with van der Waals surface area (Å²) in [7, 11) is 0. The number of benzene rings is 1. The molecule has 2 heterocycles. The second kappa shape index (κ2) is 9.77. The van der Waals surface area contributed by atoms with Crippen LogP contribution in [0.5, 0.6) is 0 Å². The van der Waals surface area contributed by atoms with Gasteiger partial charge in [0.2, 0.25) is 0 Å². The normalized spacial score (nSPS) is 11.1. The molecule has 0 aliphatic heterocycles. The second-order valence-corrected chi connectivity index (χ2v) is 8.67. The number of hydrogen-bond donors (Lipinski definition) is 2. The first-order valence-electron chi connectivity index (χ1n) is 10.7. The Hall–Kier alpha value is -2.80. The van der Waals surface area contributed by atoms with Crippen molar-refractivity contribution in [2.45, 2.75) is 47.5 Å². The predicted molar refractivity (Wildman–Crippen MR) is 128 cm³/mol. The number of H-pyrrole nitrogens is 2. The Balaban J connectivity index is 2.25. The Morgan fingerprint density at radius 2 is 1.31 bits per heavy atom. The third-order valence-corrected chi connectivity index (χ3v) is 6.41. The molecule has 6 nitrogen and oxygen atoms in total. The molecule has 0 radical (unpaired) electrons. The van der Waals surface area contributed by atoms with E-state index in [0.717, 1.165) is 43.7 Å². The highest BCUT2D eigenvalue weighted by molar-refractivity contribution is 9.10. The van der Waals surface area contributed by atoms with Gasteiger partial charge in [-0.2, -0.15) is 0 Å². The molecule has 3 rings (SSSR count). The van der Waals surface area contributed by atoms with Gasteiger partial charge in [0.15, 0.2) is 0 Å². The number of hydrogen-bond acceptors (Lipinski definition) is 4.